The summed E-state index contributed by atoms with van der Waals surface area (Å²) in [5.74, 6) is 0.485. The molecule has 1 atom stereocenters. The van der Waals surface area contributed by atoms with Crippen LogP contribution < -0.4 is 5.32 Å². The molecule has 0 aliphatic heterocycles. The summed E-state index contributed by atoms with van der Waals surface area (Å²) in [7, 11) is 0. The van der Waals surface area contributed by atoms with Gasteiger partial charge in [0.2, 0.25) is 11.9 Å². The number of carbonyl (C=O) groups is 2. The molecular formula is C17H19N5O2S. The largest absolute Gasteiger partial charge is 0.294 e. The second-order valence-corrected chi connectivity index (χ2v) is 7.20. The Morgan fingerprint density at radius 3 is 2.68 bits per heavy atom. The molecule has 1 N–H and O–H groups in total. The molecule has 0 fully saturated rings. The molecule has 25 heavy (non-hydrogen) atoms. The highest BCUT2D eigenvalue weighted by Gasteiger charge is 2.24. The number of hydrogen-bond donors (Lipinski definition) is 1. The van der Waals surface area contributed by atoms with Gasteiger partial charge in [-0.15, -0.1) is 0 Å². The molecule has 1 aliphatic carbocycles. The molecule has 1 aliphatic rings. The van der Waals surface area contributed by atoms with Crippen molar-refractivity contribution in [2.45, 2.75) is 38.8 Å². The molecule has 0 saturated heterocycles. The van der Waals surface area contributed by atoms with Crippen molar-refractivity contribution in [2.24, 2.45) is 5.92 Å². The molecule has 0 aromatic carbocycles. The number of hydrogen-bond acceptors (Lipinski definition) is 7. The molecule has 2 aromatic rings. The summed E-state index contributed by atoms with van der Waals surface area (Å²) in [6.07, 6.45) is 2.75. The molecule has 1 amide bonds. The van der Waals surface area contributed by atoms with Crippen molar-refractivity contribution in [3.63, 3.8) is 0 Å². The quantitative estimate of drug-likeness (QED) is 0.662. The van der Waals surface area contributed by atoms with E-state index in [1.165, 1.54) is 18.0 Å². The lowest BCUT2D eigenvalue weighted by Crippen LogP contribution is -2.22. The number of nitrogens with one attached hydrogen (secondary N) is 1. The number of carbonyl (C=O) groups excluding carboxylic acids is 2. The lowest BCUT2D eigenvalue weighted by Gasteiger charge is -2.19. The number of nitrogens with zero attached hydrogens (tertiary/aromatic N) is 4. The van der Waals surface area contributed by atoms with E-state index in [0.29, 0.717) is 22.8 Å². The van der Waals surface area contributed by atoms with Gasteiger partial charge in [0, 0.05) is 24.0 Å². The number of thioether (sulfide) groups is 1. The average molecular weight is 357 g/mol. The first kappa shape index (κ1) is 17.5. The van der Waals surface area contributed by atoms with Crippen LogP contribution in [0.3, 0.4) is 0 Å². The number of anilines is 1. The van der Waals surface area contributed by atoms with Crippen LogP contribution in [0.25, 0.3) is 0 Å². The third-order valence-electron chi connectivity index (χ3n) is 3.79. The molecule has 0 saturated carbocycles. The van der Waals surface area contributed by atoms with Crippen molar-refractivity contribution in [1.82, 2.24) is 19.9 Å². The minimum atomic E-state index is -0.233. The first-order chi connectivity index (χ1) is 11.9. The normalized spacial score (nSPS) is 16.4. The maximum atomic E-state index is 12.1. The summed E-state index contributed by atoms with van der Waals surface area (Å²) < 4.78 is 0. The Bertz CT molecular complexity index is 820. The van der Waals surface area contributed by atoms with E-state index < -0.39 is 0 Å². The van der Waals surface area contributed by atoms with Gasteiger partial charge in [0.05, 0.1) is 17.0 Å². The van der Waals surface area contributed by atoms with Crippen LogP contribution in [0.15, 0.2) is 17.4 Å². The predicted molar refractivity (Wildman–Crippen MR) is 94.7 cm³/mol. The molecule has 8 heteroatoms. The SMILES string of the molecule is Cc1cc(C)nc(SCC(=O)Nc2ncc3c(n2)C[C@H](C)CC3=O)n1. The van der Waals surface area contributed by atoms with Gasteiger partial charge < -0.3 is 0 Å². The van der Waals surface area contributed by atoms with Crippen LogP contribution in [-0.2, 0) is 11.2 Å². The molecule has 0 bridgehead atoms. The number of fused-ring (bicyclic) bond motifs is 1. The van der Waals surface area contributed by atoms with Crippen LogP contribution in [0.1, 0.15) is 40.8 Å². The van der Waals surface area contributed by atoms with Gasteiger partial charge in [-0.3, -0.25) is 14.9 Å². The summed E-state index contributed by atoms with van der Waals surface area (Å²) in [5, 5.41) is 3.24. The van der Waals surface area contributed by atoms with Crippen molar-refractivity contribution < 1.29 is 9.59 Å². The maximum absolute atomic E-state index is 12.1. The molecule has 2 aromatic heterocycles. The van der Waals surface area contributed by atoms with Gasteiger partial charge in [-0.2, -0.15) is 0 Å². The van der Waals surface area contributed by atoms with Crippen LogP contribution in [0.4, 0.5) is 5.95 Å². The van der Waals surface area contributed by atoms with Crippen molar-refractivity contribution in [2.75, 3.05) is 11.1 Å². The Morgan fingerprint density at radius 2 is 1.96 bits per heavy atom. The van der Waals surface area contributed by atoms with Gasteiger partial charge >= 0.3 is 0 Å². The zero-order valence-electron chi connectivity index (χ0n) is 14.4. The van der Waals surface area contributed by atoms with Gasteiger partial charge in [-0.1, -0.05) is 18.7 Å². The van der Waals surface area contributed by atoms with E-state index in [1.807, 2.05) is 26.8 Å². The Balaban J connectivity index is 1.63. The highest BCUT2D eigenvalue weighted by atomic mass is 32.2. The fraction of sp³-hybridized carbons (Fsp3) is 0.412. The van der Waals surface area contributed by atoms with Crippen LogP contribution >= 0.6 is 11.8 Å². The smallest absolute Gasteiger partial charge is 0.237 e. The first-order valence-electron chi connectivity index (χ1n) is 8.05. The number of rotatable bonds is 4. The molecule has 130 valence electrons. The van der Waals surface area contributed by atoms with E-state index in [9.17, 15) is 9.59 Å². The van der Waals surface area contributed by atoms with Crippen LogP contribution in [0, 0.1) is 19.8 Å². The Morgan fingerprint density at radius 1 is 1.24 bits per heavy atom. The van der Waals surface area contributed by atoms with Gasteiger partial charge in [0.1, 0.15) is 0 Å². The van der Waals surface area contributed by atoms with E-state index in [-0.39, 0.29) is 29.3 Å². The maximum Gasteiger partial charge on any atom is 0.237 e. The zero-order valence-corrected chi connectivity index (χ0v) is 15.2. The Labute approximate surface area is 150 Å². The monoisotopic (exact) mass is 357 g/mol. The number of ketones is 1. The van der Waals surface area contributed by atoms with E-state index in [4.69, 9.17) is 0 Å². The second-order valence-electron chi connectivity index (χ2n) is 6.26. The third-order valence-corrected chi connectivity index (χ3v) is 4.64. The molecule has 0 radical (unpaired) electrons. The molecule has 3 rings (SSSR count). The van der Waals surface area contributed by atoms with Crippen LogP contribution in [0.2, 0.25) is 0 Å². The highest BCUT2D eigenvalue weighted by Crippen LogP contribution is 2.24. The fourth-order valence-electron chi connectivity index (χ4n) is 2.74. The van der Waals surface area contributed by atoms with Crippen molar-refractivity contribution in [1.29, 1.82) is 0 Å². The molecule has 0 unspecified atom stereocenters. The summed E-state index contributed by atoms with van der Waals surface area (Å²) in [5.41, 5.74) is 3.01. The van der Waals surface area contributed by atoms with Gasteiger partial charge in [0.25, 0.3) is 0 Å². The van der Waals surface area contributed by atoms with Gasteiger partial charge in [0.15, 0.2) is 10.9 Å². The number of aromatic nitrogens is 4. The molecule has 2 heterocycles. The van der Waals surface area contributed by atoms with E-state index in [2.05, 4.69) is 25.3 Å². The predicted octanol–water partition coefficient (Wildman–Crippen LogP) is 2.38. The molecule has 0 spiro atoms. The van der Waals surface area contributed by atoms with E-state index in [1.54, 1.807) is 0 Å². The van der Waals surface area contributed by atoms with Crippen molar-refractivity contribution in [3.05, 3.63) is 34.9 Å². The molecular weight excluding hydrogens is 338 g/mol. The minimum absolute atomic E-state index is 0.0640. The topological polar surface area (TPSA) is 97.7 Å². The van der Waals surface area contributed by atoms with Crippen LogP contribution in [-0.4, -0.2) is 37.4 Å². The van der Waals surface area contributed by atoms with Crippen molar-refractivity contribution >= 4 is 29.4 Å². The summed E-state index contributed by atoms with van der Waals surface area (Å²) >= 11 is 1.26. The average Bonchev–Trinajstić information content (AvgIpc) is 2.51. The number of amides is 1. The third kappa shape index (κ3) is 4.39. The van der Waals surface area contributed by atoms with E-state index in [0.717, 1.165) is 17.8 Å². The highest BCUT2D eigenvalue weighted by molar-refractivity contribution is 7.99. The standard InChI is InChI=1S/C17H19N5O2S/c1-9-4-13-12(14(23)5-9)7-18-16(21-13)22-15(24)8-25-17-19-10(2)6-11(3)20-17/h6-7,9H,4-5,8H2,1-3H3,(H,18,21,22,24)/t9-/m0/s1. The molecule has 7 nitrogen and oxygen atoms in total. The zero-order chi connectivity index (χ0) is 18.0. The number of aryl methyl sites for hydroxylation is 2. The lowest BCUT2D eigenvalue weighted by molar-refractivity contribution is -0.113. The lowest BCUT2D eigenvalue weighted by atomic mass is 9.88. The summed E-state index contributed by atoms with van der Waals surface area (Å²) in [4.78, 5) is 41.1. The summed E-state index contributed by atoms with van der Waals surface area (Å²) in [6, 6.07) is 1.88. The van der Waals surface area contributed by atoms with E-state index >= 15 is 0 Å². The Kier molecular flexibility index (Phi) is 5.08. The minimum Gasteiger partial charge on any atom is -0.294 e. The fourth-order valence-corrected chi connectivity index (χ4v) is 3.49. The first-order valence-corrected chi connectivity index (χ1v) is 9.03. The second kappa shape index (κ2) is 7.26. The number of Topliss-reactive ketones (excluding diaryl/α,β-unsaturated/α-hetero) is 1. The summed E-state index contributed by atoms with van der Waals surface area (Å²) in [6.45, 7) is 5.80. The van der Waals surface area contributed by atoms with Gasteiger partial charge in [-0.25, -0.2) is 19.9 Å². The van der Waals surface area contributed by atoms with Gasteiger partial charge in [-0.05, 0) is 32.3 Å². The van der Waals surface area contributed by atoms with Crippen LogP contribution in [0.5, 0.6) is 0 Å². The van der Waals surface area contributed by atoms with Crippen molar-refractivity contribution in [3.8, 4) is 0 Å². The Hall–Kier alpha value is -2.35.